The number of nitrogens with zero attached hydrogens (tertiary/aromatic N) is 1. The van der Waals surface area contributed by atoms with Crippen LogP contribution < -0.4 is 0 Å². The van der Waals surface area contributed by atoms with E-state index < -0.39 is 0 Å². The summed E-state index contributed by atoms with van der Waals surface area (Å²) in [5.74, 6) is 0. The molecule has 15 aromatic rings. The Morgan fingerprint density at radius 1 is 0.169 bits per heavy atom. The number of fused-ring (bicyclic) bond motifs is 8. The molecule has 0 radical (unpaired) electrons. The van der Waals surface area contributed by atoms with Crippen LogP contribution in [0.3, 0.4) is 0 Å². The summed E-state index contributed by atoms with van der Waals surface area (Å²) >= 11 is 0. The van der Waals surface area contributed by atoms with E-state index >= 15 is 0 Å². The summed E-state index contributed by atoms with van der Waals surface area (Å²) in [6.45, 7) is 0. The van der Waals surface area contributed by atoms with E-state index in [-0.39, 0.29) is 0 Å². The van der Waals surface area contributed by atoms with E-state index in [1.165, 1.54) is 132 Å². The second-order valence-corrected chi connectivity index (χ2v) is 20.3. The molecule has 14 aromatic carbocycles. The van der Waals surface area contributed by atoms with Gasteiger partial charge in [-0.15, -0.1) is 0 Å². The lowest BCUT2D eigenvalue weighted by molar-refractivity contribution is 1.18. The van der Waals surface area contributed by atoms with Crippen molar-refractivity contribution in [3.63, 3.8) is 0 Å². The molecule has 0 saturated carbocycles. The van der Waals surface area contributed by atoms with Crippen LogP contribution in [0, 0.1) is 0 Å². The zero-order chi connectivity index (χ0) is 50.8. The molecular formula is C76H49N. The van der Waals surface area contributed by atoms with E-state index in [0.29, 0.717) is 0 Å². The predicted octanol–water partition coefficient (Wildman–Crippen LogP) is 21.1. The first-order chi connectivity index (χ1) is 38.2. The van der Waals surface area contributed by atoms with Gasteiger partial charge in [0.15, 0.2) is 0 Å². The molecule has 358 valence electrons. The van der Waals surface area contributed by atoms with Crippen molar-refractivity contribution in [1.29, 1.82) is 0 Å². The smallest absolute Gasteiger partial charge is 0.0541 e. The Morgan fingerprint density at radius 3 is 1.09 bits per heavy atom. The molecule has 0 aliphatic rings. The van der Waals surface area contributed by atoms with Gasteiger partial charge in [0.1, 0.15) is 0 Å². The second-order valence-electron chi connectivity index (χ2n) is 20.3. The first-order valence-corrected chi connectivity index (χ1v) is 26.6. The molecule has 1 heterocycles. The number of hydrogen-bond acceptors (Lipinski definition) is 0. The van der Waals surface area contributed by atoms with Crippen molar-refractivity contribution in [1.82, 2.24) is 4.57 Å². The van der Waals surface area contributed by atoms with Gasteiger partial charge in [0.05, 0.1) is 11.0 Å². The van der Waals surface area contributed by atoms with Crippen LogP contribution in [-0.4, -0.2) is 4.57 Å². The van der Waals surface area contributed by atoms with E-state index in [1.54, 1.807) is 0 Å². The maximum atomic E-state index is 2.46. The molecule has 0 N–H and O–H groups in total. The summed E-state index contributed by atoms with van der Waals surface area (Å²) in [5.41, 5.74) is 20.3. The lowest BCUT2D eigenvalue weighted by Crippen LogP contribution is -1.94. The van der Waals surface area contributed by atoms with Crippen LogP contribution in [0.1, 0.15) is 0 Å². The normalized spacial score (nSPS) is 11.6. The zero-order valence-electron chi connectivity index (χ0n) is 42.2. The van der Waals surface area contributed by atoms with Crippen molar-refractivity contribution in [2.24, 2.45) is 0 Å². The van der Waals surface area contributed by atoms with E-state index in [0.717, 1.165) is 16.7 Å². The number of rotatable bonds is 8. The largest absolute Gasteiger partial charge is 0.309 e. The molecule has 0 aliphatic heterocycles. The Morgan fingerprint density at radius 2 is 0.558 bits per heavy atom. The third-order valence-corrected chi connectivity index (χ3v) is 16.0. The van der Waals surface area contributed by atoms with Crippen LogP contribution in [0.4, 0.5) is 0 Å². The molecule has 0 unspecified atom stereocenters. The molecule has 1 nitrogen and oxygen atoms in total. The maximum absolute atomic E-state index is 2.46. The Balaban J connectivity index is 0.932. The molecule has 1 heteroatoms. The molecule has 0 fully saturated rings. The van der Waals surface area contributed by atoms with Crippen molar-refractivity contribution < 1.29 is 0 Å². The SMILES string of the molecule is c1ccc(-c2cc(-c3cccc4ccccc34)ccc2-c2ccc3c(c2)c2cc(-c4ccc(-c5cccc6ccccc56)cc4-c4ccccc4)ccc2n3-c2ccc(-c3cc4ccccc4c4ccccc34)cc2)cc1. The second kappa shape index (κ2) is 18.4. The van der Waals surface area contributed by atoms with E-state index in [9.17, 15) is 0 Å². The van der Waals surface area contributed by atoms with Crippen LogP contribution in [0.5, 0.6) is 0 Å². The van der Waals surface area contributed by atoms with Gasteiger partial charge in [-0.25, -0.2) is 0 Å². The topological polar surface area (TPSA) is 4.93 Å². The highest BCUT2D eigenvalue weighted by molar-refractivity contribution is 6.15. The first-order valence-electron chi connectivity index (χ1n) is 26.6. The highest BCUT2D eigenvalue weighted by Crippen LogP contribution is 2.44. The van der Waals surface area contributed by atoms with Gasteiger partial charge in [0, 0.05) is 16.5 Å². The summed E-state index contributed by atoms with van der Waals surface area (Å²) in [4.78, 5) is 0. The van der Waals surface area contributed by atoms with Crippen LogP contribution in [0.15, 0.2) is 297 Å². The molecule has 1 aromatic heterocycles. The summed E-state index contributed by atoms with van der Waals surface area (Å²) in [6, 6.07) is 110. The summed E-state index contributed by atoms with van der Waals surface area (Å²) in [5, 5.41) is 12.5. The average Bonchev–Trinajstić information content (AvgIpc) is 3.94. The minimum atomic E-state index is 1.12. The average molecular weight is 976 g/mol. The minimum absolute atomic E-state index is 1.12. The molecule has 0 atom stereocenters. The van der Waals surface area contributed by atoms with Gasteiger partial charge < -0.3 is 4.57 Å². The van der Waals surface area contributed by atoms with Gasteiger partial charge in [-0.3, -0.25) is 0 Å². The molecule has 0 amide bonds. The molecule has 77 heavy (non-hydrogen) atoms. The molecule has 15 rings (SSSR count). The predicted molar refractivity (Wildman–Crippen MR) is 329 cm³/mol. The number of benzene rings is 14. The fourth-order valence-corrected chi connectivity index (χ4v) is 12.3. The third-order valence-electron chi connectivity index (χ3n) is 16.0. The van der Waals surface area contributed by atoms with E-state index in [1.807, 2.05) is 0 Å². The Bertz CT molecular complexity index is 4540. The lowest BCUT2D eigenvalue weighted by Gasteiger charge is -2.15. The van der Waals surface area contributed by atoms with Crippen molar-refractivity contribution in [2.45, 2.75) is 0 Å². The van der Waals surface area contributed by atoms with Gasteiger partial charge in [0.2, 0.25) is 0 Å². The van der Waals surface area contributed by atoms with Crippen LogP contribution in [0.25, 0.3) is 148 Å². The number of aromatic nitrogens is 1. The highest BCUT2D eigenvalue weighted by atomic mass is 15.0. The van der Waals surface area contributed by atoms with Gasteiger partial charge in [-0.1, -0.05) is 243 Å². The first kappa shape index (κ1) is 44.4. The number of hydrogen-bond donors (Lipinski definition) is 0. The van der Waals surface area contributed by atoms with Gasteiger partial charge in [-0.2, -0.15) is 0 Å². The van der Waals surface area contributed by atoms with Crippen LogP contribution >= 0.6 is 0 Å². The zero-order valence-corrected chi connectivity index (χ0v) is 42.2. The molecular weight excluding hydrogens is 927 g/mol. The Kier molecular flexibility index (Phi) is 10.6. The summed E-state index contributed by atoms with van der Waals surface area (Å²) in [6.07, 6.45) is 0. The van der Waals surface area contributed by atoms with Gasteiger partial charge >= 0.3 is 0 Å². The fraction of sp³-hybridized carbons (Fsp3) is 0. The van der Waals surface area contributed by atoms with Crippen molar-refractivity contribution in [3.8, 4) is 83.6 Å². The van der Waals surface area contributed by atoms with Crippen molar-refractivity contribution in [2.75, 3.05) is 0 Å². The van der Waals surface area contributed by atoms with Crippen molar-refractivity contribution in [3.05, 3.63) is 297 Å². The summed E-state index contributed by atoms with van der Waals surface area (Å²) in [7, 11) is 0. The van der Waals surface area contributed by atoms with Crippen molar-refractivity contribution >= 4 is 64.9 Å². The maximum Gasteiger partial charge on any atom is 0.0541 e. The highest BCUT2D eigenvalue weighted by Gasteiger charge is 2.20. The third kappa shape index (κ3) is 7.63. The Hall–Kier alpha value is -10.1. The lowest BCUT2D eigenvalue weighted by atomic mass is 9.89. The van der Waals surface area contributed by atoms with Crippen LogP contribution in [0.2, 0.25) is 0 Å². The van der Waals surface area contributed by atoms with E-state index in [2.05, 4.69) is 302 Å². The van der Waals surface area contributed by atoms with E-state index in [4.69, 9.17) is 0 Å². The fourth-order valence-electron chi connectivity index (χ4n) is 12.3. The Labute approximate surface area is 447 Å². The monoisotopic (exact) mass is 975 g/mol. The van der Waals surface area contributed by atoms with Crippen LogP contribution in [-0.2, 0) is 0 Å². The molecule has 0 bridgehead atoms. The summed E-state index contributed by atoms with van der Waals surface area (Å²) < 4.78 is 2.46. The minimum Gasteiger partial charge on any atom is -0.309 e. The standard InChI is InChI=1S/C76H49N/c1-3-17-52(18-4-1)70-46-56(63-31-15-24-50-21-7-10-26-61(50)63)35-41-66(70)58-37-43-75-73(48-58)74-49-59(67-42-36-57(47-71(67)53-19-5-2-6-20-53)64-32-16-25-51-22-8-11-27-62(51)64)38-44-76(74)77(75)60-39-33-54(34-40-60)72-45-55-23-9-12-28-65(55)68-29-13-14-30-69(68)72/h1-49H. The van der Waals surface area contributed by atoms with Gasteiger partial charge in [-0.05, 0) is 176 Å². The molecule has 0 spiro atoms. The quantitative estimate of drug-likeness (QED) is 0.134. The van der Waals surface area contributed by atoms with Gasteiger partial charge in [0.25, 0.3) is 0 Å². The molecule has 0 aliphatic carbocycles. The molecule has 0 saturated heterocycles.